The second-order valence-corrected chi connectivity index (χ2v) is 10.8. The summed E-state index contributed by atoms with van der Waals surface area (Å²) >= 11 is 0. The van der Waals surface area contributed by atoms with E-state index in [1.807, 2.05) is 24.3 Å². The zero-order valence-corrected chi connectivity index (χ0v) is 21.5. The van der Waals surface area contributed by atoms with Crippen molar-refractivity contribution in [1.29, 1.82) is 0 Å². The lowest BCUT2D eigenvalue weighted by Crippen LogP contribution is -2.42. The average molecular weight is 501 g/mol. The third kappa shape index (κ3) is 5.23. The highest BCUT2D eigenvalue weighted by atomic mass is 32.2. The Morgan fingerprint density at radius 1 is 1.03 bits per heavy atom. The van der Waals surface area contributed by atoms with E-state index < -0.39 is 40.0 Å². The number of imide groups is 1. The molecule has 2 N–H and O–H groups in total. The molecule has 0 bridgehead atoms. The van der Waals surface area contributed by atoms with Crippen molar-refractivity contribution in [3.63, 3.8) is 0 Å². The Kier molecular flexibility index (Phi) is 7.66. The van der Waals surface area contributed by atoms with Crippen molar-refractivity contribution in [3.05, 3.63) is 59.7 Å². The van der Waals surface area contributed by atoms with Gasteiger partial charge in [-0.15, -0.1) is 0 Å². The molecule has 0 aromatic heterocycles. The zero-order valence-electron chi connectivity index (χ0n) is 20.7. The molecule has 0 aliphatic carbocycles. The van der Waals surface area contributed by atoms with E-state index >= 15 is 0 Å². The second-order valence-electron chi connectivity index (χ2n) is 8.89. The van der Waals surface area contributed by atoms with Gasteiger partial charge in [-0.25, -0.2) is 13.2 Å². The summed E-state index contributed by atoms with van der Waals surface area (Å²) < 4.78 is 26.6. The van der Waals surface area contributed by atoms with E-state index in [1.165, 1.54) is 28.6 Å². The molecule has 3 rings (SSSR count). The number of carbonyl (C=O) groups excluding carboxylic acids is 3. The molecule has 1 aliphatic heterocycles. The van der Waals surface area contributed by atoms with Crippen LogP contribution >= 0.6 is 0 Å². The van der Waals surface area contributed by atoms with Crippen LogP contribution in [0.4, 0.5) is 10.5 Å². The first-order valence-corrected chi connectivity index (χ1v) is 13.0. The molecule has 0 radical (unpaired) electrons. The van der Waals surface area contributed by atoms with Crippen LogP contribution in [0.3, 0.4) is 0 Å². The number of nitrogens with zero attached hydrogens (tertiary/aromatic N) is 2. The van der Waals surface area contributed by atoms with Gasteiger partial charge in [0.1, 0.15) is 12.1 Å². The highest BCUT2D eigenvalue weighted by molar-refractivity contribution is 7.89. The first-order chi connectivity index (χ1) is 16.4. The van der Waals surface area contributed by atoms with Crippen LogP contribution in [0.2, 0.25) is 0 Å². The first-order valence-electron chi connectivity index (χ1n) is 11.6. The van der Waals surface area contributed by atoms with Crippen molar-refractivity contribution in [2.75, 3.05) is 25.0 Å². The van der Waals surface area contributed by atoms with Crippen LogP contribution < -0.4 is 10.6 Å². The molecule has 9 nitrogen and oxygen atoms in total. The van der Waals surface area contributed by atoms with Crippen LogP contribution in [0.25, 0.3) is 0 Å². The predicted octanol–water partition coefficient (Wildman–Crippen LogP) is 3.25. The van der Waals surface area contributed by atoms with Crippen LogP contribution in [0, 0.1) is 0 Å². The number of nitrogens with one attached hydrogen (secondary N) is 2. The Balaban J connectivity index is 1.69. The maximum atomic E-state index is 13.1. The minimum Gasteiger partial charge on any atom is -0.325 e. The predicted molar refractivity (Wildman–Crippen MR) is 133 cm³/mol. The van der Waals surface area contributed by atoms with Gasteiger partial charge >= 0.3 is 6.03 Å². The molecular formula is C25H32N4O5S. The van der Waals surface area contributed by atoms with Gasteiger partial charge in [-0.05, 0) is 48.2 Å². The number of benzene rings is 2. The highest BCUT2D eigenvalue weighted by Gasteiger charge is 2.49. The maximum absolute atomic E-state index is 13.1. The molecule has 4 amide bonds. The Labute approximate surface area is 206 Å². The van der Waals surface area contributed by atoms with Crippen molar-refractivity contribution >= 4 is 33.6 Å². The topological polar surface area (TPSA) is 116 Å². The number of rotatable bonds is 9. The van der Waals surface area contributed by atoms with E-state index in [9.17, 15) is 22.8 Å². The van der Waals surface area contributed by atoms with Gasteiger partial charge in [0, 0.05) is 18.8 Å². The molecule has 0 unspecified atom stereocenters. The lowest BCUT2D eigenvalue weighted by molar-refractivity contribution is -0.133. The lowest BCUT2D eigenvalue weighted by Gasteiger charge is -2.22. The smallest absolute Gasteiger partial charge is 0.325 e. The second kappa shape index (κ2) is 10.2. The molecule has 1 fully saturated rings. The summed E-state index contributed by atoms with van der Waals surface area (Å²) in [4.78, 5) is 39.3. The minimum atomic E-state index is -3.61. The number of sulfonamides is 1. The van der Waals surface area contributed by atoms with Crippen LogP contribution in [-0.4, -0.2) is 55.1 Å². The number of anilines is 1. The highest BCUT2D eigenvalue weighted by Crippen LogP contribution is 2.30. The Morgan fingerprint density at radius 3 is 2.11 bits per heavy atom. The molecule has 1 heterocycles. The monoisotopic (exact) mass is 500 g/mol. The molecule has 10 heteroatoms. The van der Waals surface area contributed by atoms with Gasteiger partial charge < -0.3 is 10.6 Å². The van der Waals surface area contributed by atoms with E-state index in [-0.39, 0.29) is 4.90 Å². The Morgan fingerprint density at radius 2 is 1.60 bits per heavy atom. The van der Waals surface area contributed by atoms with Gasteiger partial charge in [0.05, 0.1) is 4.90 Å². The van der Waals surface area contributed by atoms with Crippen molar-refractivity contribution < 1.29 is 22.8 Å². The number of carbonyl (C=O) groups is 3. The van der Waals surface area contributed by atoms with Gasteiger partial charge in [-0.3, -0.25) is 14.5 Å². The fraction of sp³-hybridized carbons (Fsp3) is 0.400. The van der Waals surface area contributed by atoms with Crippen LogP contribution in [0.15, 0.2) is 53.4 Å². The van der Waals surface area contributed by atoms with Crippen LogP contribution in [0.5, 0.6) is 0 Å². The SMILES string of the molecule is CCN(CC)S(=O)(=O)c1ccc(NC(=O)CN2C(=O)N[C@@](C)(c3ccc(C(C)C)cc3)C2=O)cc1. The van der Waals surface area contributed by atoms with E-state index in [1.54, 1.807) is 20.8 Å². The van der Waals surface area contributed by atoms with Crippen molar-refractivity contribution in [1.82, 2.24) is 14.5 Å². The summed E-state index contributed by atoms with van der Waals surface area (Å²) in [6.07, 6.45) is 0. The molecule has 1 atom stereocenters. The van der Waals surface area contributed by atoms with Gasteiger partial charge in [0.15, 0.2) is 0 Å². The average Bonchev–Trinajstić information content (AvgIpc) is 3.04. The largest absolute Gasteiger partial charge is 0.325 e. The maximum Gasteiger partial charge on any atom is 0.325 e. The standard InChI is InChI=1S/C25H32N4O5S/c1-6-28(7-2)35(33,34)21-14-12-20(13-15-21)26-22(30)16-29-23(31)25(5,27-24(29)32)19-10-8-18(9-11-19)17(3)4/h8-15,17H,6-7,16H2,1-5H3,(H,26,30)(H,27,32)/t25-/m0/s1. The number of hydrogen-bond acceptors (Lipinski definition) is 5. The molecular weight excluding hydrogens is 468 g/mol. The van der Waals surface area contributed by atoms with Crippen molar-refractivity contribution in [2.24, 2.45) is 0 Å². The van der Waals surface area contributed by atoms with Crippen molar-refractivity contribution in [3.8, 4) is 0 Å². The lowest BCUT2D eigenvalue weighted by atomic mass is 9.90. The van der Waals surface area contributed by atoms with E-state index in [2.05, 4.69) is 24.5 Å². The molecule has 2 aromatic carbocycles. The van der Waals surface area contributed by atoms with Gasteiger partial charge in [0.2, 0.25) is 15.9 Å². The quantitative estimate of drug-likeness (QED) is 0.513. The Hall–Kier alpha value is -3.24. The van der Waals surface area contributed by atoms with Crippen molar-refractivity contribution in [2.45, 2.75) is 51.0 Å². The first kappa shape index (κ1) is 26.4. The molecule has 1 saturated heterocycles. The summed E-state index contributed by atoms with van der Waals surface area (Å²) in [5, 5.41) is 5.31. The van der Waals surface area contributed by atoms with Crippen LogP contribution in [-0.2, 0) is 25.2 Å². The number of urea groups is 1. The summed E-state index contributed by atoms with van der Waals surface area (Å²) in [5.74, 6) is -0.764. The third-order valence-corrected chi connectivity index (χ3v) is 8.28. The van der Waals surface area contributed by atoms with E-state index in [0.717, 1.165) is 10.5 Å². The third-order valence-electron chi connectivity index (χ3n) is 6.21. The van der Waals surface area contributed by atoms with E-state index in [0.29, 0.717) is 30.3 Å². The summed E-state index contributed by atoms with van der Waals surface area (Å²) in [5.41, 5.74) is 0.829. The zero-order chi connectivity index (χ0) is 26.0. The van der Waals surface area contributed by atoms with Gasteiger partial charge in [-0.2, -0.15) is 4.31 Å². The molecule has 188 valence electrons. The Bertz CT molecular complexity index is 1210. The number of hydrogen-bond donors (Lipinski definition) is 2. The van der Waals surface area contributed by atoms with Gasteiger partial charge in [0.25, 0.3) is 5.91 Å². The summed E-state index contributed by atoms with van der Waals surface area (Å²) in [6, 6.07) is 12.6. The molecule has 2 aromatic rings. The summed E-state index contributed by atoms with van der Waals surface area (Å²) in [7, 11) is -3.61. The minimum absolute atomic E-state index is 0.118. The molecule has 1 aliphatic rings. The van der Waals surface area contributed by atoms with Crippen LogP contribution in [0.1, 0.15) is 51.7 Å². The van der Waals surface area contributed by atoms with E-state index in [4.69, 9.17) is 0 Å². The fourth-order valence-electron chi connectivity index (χ4n) is 4.00. The summed E-state index contributed by atoms with van der Waals surface area (Å²) in [6.45, 7) is 9.50. The fourth-order valence-corrected chi connectivity index (χ4v) is 5.46. The molecule has 0 saturated carbocycles. The van der Waals surface area contributed by atoms with Gasteiger partial charge in [-0.1, -0.05) is 52.0 Å². The molecule has 0 spiro atoms. The molecule has 35 heavy (non-hydrogen) atoms. The normalized spacial score (nSPS) is 18.3. The number of amides is 4.